The van der Waals surface area contributed by atoms with Gasteiger partial charge in [-0.05, 0) is 48.1 Å². The topological polar surface area (TPSA) is 23.8 Å². The molecule has 0 aromatic heterocycles. The van der Waals surface area contributed by atoms with Gasteiger partial charge in [0, 0.05) is 10.9 Å². The molecule has 0 fully saturated rings. The van der Waals surface area contributed by atoms with Crippen molar-refractivity contribution in [1.29, 1.82) is 5.26 Å². The van der Waals surface area contributed by atoms with Gasteiger partial charge in [-0.2, -0.15) is 5.26 Å². The van der Waals surface area contributed by atoms with Gasteiger partial charge in [0.2, 0.25) is 0 Å². The van der Waals surface area contributed by atoms with Gasteiger partial charge in [-0.25, -0.2) is 8.78 Å². The fourth-order valence-electron chi connectivity index (χ4n) is 2.69. The maximum Gasteiger partial charge on any atom is 0.146 e. The highest BCUT2D eigenvalue weighted by molar-refractivity contribution is 5.85. The fourth-order valence-corrected chi connectivity index (χ4v) is 2.69. The Bertz CT molecular complexity index is 1090. The third-order valence-electron chi connectivity index (χ3n) is 4.09. The van der Waals surface area contributed by atoms with E-state index < -0.39 is 5.82 Å². The normalized spacial score (nSPS) is 10.0. The zero-order chi connectivity index (χ0) is 18.5. The summed E-state index contributed by atoms with van der Waals surface area (Å²) in [4.78, 5) is 0. The molecule has 3 aromatic rings. The van der Waals surface area contributed by atoms with E-state index in [1.165, 1.54) is 12.1 Å². The first kappa shape index (κ1) is 17.4. The first-order valence-corrected chi connectivity index (χ1v) is 8.16. The number of benzene rings is 3. The molecule has 0 N–H and O–H groups in total. The highest BCUT2D eigenvalue weighted by Crippen LogP contribution is 2.23. The molecule has 0 bridgehead atoms. The van der Waals surface area contributed by atoms with Gasteiger partial charge >= 0.3 is 0 Å². The zero-order valence-corrected chi connectivity index (χ0v) is 14.0. The number of nitriles is 1. The molecule has 0 amide bonds. The van der Waals surface area contributed by atoms with E-state index in [2.05, 4.69) is 18.4 Å². The number of aryl methyl sites for hydroxylation is 1. The third kappa shape index (κ3) is 3.63. The van der Waals surface area contributed by atoms with Crippen LogP contribution in [0.5, 0.6) is 0 Å². The molecule has 0 heterocycles. The molecule has 3 aromatic carbocycles. The van der Waals surface area contributed by atoms with Crippen molar-refractivity contribution in [2.24, 2.45) is 0 Å². The lowest BCUT2D eigenvalue weighted by molar-refractivity contribution is 0.623. The molecule has 0 unspecified atom stereocenters. The Balaban J connectivity index is 1.94. The van der Waals surface area contributed by atoms with Crippen molar-refractivity contribution < 1.29 is 8.78 Å². The van der Waals surface area contributed by atoms with Crippen molar-refractivity contribution in [3.8, 4) is 17.9 Å². The second kappa shape index (κ2) is 7.64. The van der Waals surface area contributed by atoms with E-state index in [-0.39, 0.29) is 16.9 Å². The van der Waals surface area contributed by atoms with E-state index in [4.69, 9.17) is 5.26 Å². The lowest BCUT2D eigenvalue weighted by atomic mass is 10.0. The largest absolute Gasteiger partial charge is 0.206 e. The molecule has 3 rings (SSSR count). The predicted molar refractivity (Wildman–Crippen MR) is 99.5 cm³/mol. The molecular formula is C23H15F2N. The summed E-state index contributed by atoms with van der Waals surface area (Å²) in [6.45, 7) is 3.71. The summed E-state index contributed by atoms with van der Waals surface area (Å²) in [6.07, 6.45) is 3.60. The minimum atomic E-state index is -0.634. The molecule has 0 aliphatic carbocycles. The van der Waals surface area contributed by atoms with Crippen LogP contribution in [0.15, 0.2) is 61.2 Å². The Morgan fingerprint density at radius 2 is 1.77 bits per heavy atom. The van der Waals surface area contributed by atoms with E-state index in [0.717, 1.165) is 23.8 Å². The summed E-state index contributed by atoms with van der Waals surface area (Å²) in [5.74, 6) is 4.47. The number of halogens is 2. The van der Waals surface area contributed by atoms with E-state index in [0.29, 0.717) is 10.9 Å². The second-order valence-electron chi connectivity index (χ2n) is 5.87. The SMILES string of the molecule is C=CCCc1ccc2c(F)c(C#Cc3ccc(C#N)c(F)c3)ccc2c1. The average molecular weight is 343 g/mol. The summed E-state index contributed by atoms with van der Waals surface area (Å²) < 4.78 is 28.3. The summed E-state index contributed by atoms with van der Waals surface area (Å²) >= 11 is 0. The highest BCUT2D eigenvalue weighted by Gasteiger charge is 2.07. The molecule has 0 spiro atoms. The van der Waals surface area contributed by atoms with Crippen LogP contribution in [0.2, 0.25) is 0 Å². The van der Waals surface area contributed by atoms with E-state index in [1.54, 1.807) is 24.3 Å². The monoisotopic (exact) mass is 343 g/mol. The molecule has 1 nitrogen and oxygen atoms in total. The number of rotatable bonds is 3. The summed E-state index contributed by atoms with van der Waals surface area (Å²) in [6, 6.07) is 14.9. The summed E-state index contributed by atoms with van der Waals surface area (Å²) in [5.41, 5.74) is 1.73. The van der Waals surface area contributed by atoms with Crippen LogP contribution in [0.25, 0.3) is 10.8 Å². The van der Waals surface area contributed by atoms with Gasteiger partial charge in [-0.1, -0.05) is 42.2 Å². The van der Waals surface area contributed by atoms with Crippen LogP contribution < -0.4 is 0 Å². The molecule has 0 saturated heterocycles. The van der Waals surface area contributed by atoms with Gasteiger partial charge in [0.15, 0.2) is 0 Å². The molecule has 26 heavy (non-hydrogen) atoms. The van der Waals surface area contributed by atoms with Crippen LogP contribution in [0.3, 0.4) is 0 Å². The number of hydrogen-bond donors (Lipinski definition) is 0. The Morgan fingerprint density at radius 3 is 2.50 bits per heavy atom. The first-order chi connectivity index (χ1) is 12.6. The van der Waals surface area contributed by atoms with Crippen LogP contribution in [-0.4, -0.2) is 0 Å². The molecular weight excluding hydrogens is 328 g/mol. The molecule has 0 aliphatic heterocycles. The van der Waals surface area contributed by atoms with Gasteiger partial charge in [-0.15, -0.1) is 6.58 Å². The lowest BCUT2D eigenvalue weighted by Crippen LogP contribution is -1.90. The van der Waals surface area contributed by atoms with Crippen LogP contribution in [0.1, 0.15) is 28.7 Å². The summed E-state index contributed by atoms with van der Waals surface area (Å²) in [5, 5.41) is 10.1. The Hall–Kier alpha value is -3.43. The average Bonchev–Trinajstić information content (AvgIpc) is 2.66. The first-order valence-electron chi connectivity index (χ1n) is 8.16. The van der Waals surface area contributed by atoms with Gasteiger partial charge in [0.1, 0.15) is 17.7 Å². The molecule has 0 aliphatic rings. The number of nitrogens with zero attached hydrogens (tertiary/aromatic N) is 1. The smallest absolute Gasteiger partial charge is 0.146 e. The van der Waals surface area contributed by atoms with Crippen molar-refractivity contribution in [1.82, 2.24) is 0 Å². The molecule has 0 radical (unpaired) electrons. The van der Waals surface area contributed by atoms with Crippen molar-refractivity contribution in [2.75, 3.05) is 0 Å². The Labute approximate surface area is 151 Å². The van der Waals surface area contributed by atoms with Crippen LogP contribution >= 0.6 is 0 Å². The van der Waals surface area contributed by atoms with Gasteiger partial charge < -0.3 is 0 Å². The van der Waals surface area contributed by atoms with E-state index >= 15 is 0 Å². The molecule has 0 saturated carbocycles. The van der Waals surface area contributed by atoms with Gasteiger partial charge in [-0.3, -0.25) is 0 Å². The van der Waals surface area contributed by atoms with Gasteiger partial charge in [0.25, 0.3) is 0 Å². The van der Waals surface area contributed by atoms with Crippen LogP contribution in [0, 0.1) is 34.8 Å². The Kier molecular flexibility index (Phi) is 5.11. The maximum atomic E-state index is 14.7. The fraction of sp³-hybridized carbons (Fsp3) is 0.0870. The minimum absolute atomic E-state index is 0.0419. The Morgan fingerprint density at radius 1 is 0.962 bits per heavy atom. The summed E-state index contributed by atoms with van der Waals surface area (Å²) in [7, 11) is 0. The van der Waals surface area contributed by atoms with Crippen molar-refractivity contribution in [3.05, 3.63) is 95.1 Å². The van der Waals surface area contributed by atoms with E-state index in [9.17, 15) is 8.78 Å². The van der Waals surface area contributed by atoms with Gasteiger partial charge in [0.05, 0.1) is 11.1 Å². The standard InChI is InChI=1S/C23H15F2N/c1-2-3-4-16-7-12-21-19(13-16)11-10-18(23(21)25)8-5-17-6-9-20(15-26)22(24)14-17/h2,6-7,9-14H,1,3-4H2. The van der Waals surface area contributed by atoms with E-state index in [1.807, 2.05) is 24.3 Å². The molecule has 0 atom stereocenters. The second-order valence-corrected chi connectivity index (χ2v) is 5.87. The maximum absolute atomic E-state index is 14.7. The zero-order valence-electron chi connectivity index (χ0n) is 14.0. The predicted octanol–water partition coefficient (Wildman–Crippen LogP) is 5.51. The molecule has 3 heteroatoms. The van der Waals surface area contributed by atoms with Crippen LogP contribution in [0.4, 0.5) is 8.78 Å². The van der Waals surface area contributed by atoms with Crippen molar-refractivity contribution in [2.45, 2.75) is 12.8 Å². The van der Waals surface area contributed by atoms with Crippen molar-refractivity contribution >= 4 is 10.8 Å². The third-order valence-corrected chi connectivity index (χ3v) is 4.09. The lowest BCUT2D eigenvalue weighted by Gasteiger charge is -2.05. The quantitative estimate of drug-likeness (QED) is 0.454. The van der Waals surface area contributed by atoms with Crippen LogP contribution in [-0.2, 0) is 6.42 Å². The number of fused-ring (bicyclic) bond motifs is 1. The highest BCUT2D eigenvalue weighted by atomic mass is 19.1. The number of hydrogen-bond acceptors (Lipinski definition) is 1. The minimum Gasteiger partial charge on any atom is -0.206 e. The number of allylic oxidation sites excluding steroid dienone is 1. The molecule has 126 valence electrons. The van der Waals surface area contributed by atoms with Crippen molar-refractivity contribution in [3.63, 3.8) is 0 Å².